The third-order valence-electron chi connectivity index (χ3n) is 4.34. The number of rotatable bonds is 5. The van der Waals surface area contributed by atoms with Crippen molar-refractivity contribution < 1.29 is 9.18 Å². The van der Waals surface area contributed by atoms with Gasteiger partial charge in [-0.3, -0.25) is 4.79 Å². The van der Waals surface area contributed by atoms with Gasteiger partial charge in [0.15, 0.2) is 0 Å². The molecule has 1 fully saturated rings. The molecular weight excluding hydrogens is 267 g/mol. The molecule has 4 heteroatoms. The van der Waals surface area contributed by atoms with Gasteiger partial charge >= 0.3 is 0 Å². The fourth-order valence-electron chi connectivity index (χ4n) is 2.99. The summed E-state index contributed by atoms with van der Waals surface area (Å²) in [6.45, 7) is 3.32. The first-order valence-corrected chi connectivity index (χ1v) is 7.89. The van der Waals surface area contributed by atoms with E-state index in [4.69, 9.17) is 5.73 Å². The molecule has 1 amide bonds. The highest BCUT2D eigenvalue weighted by molar-refractivity contribution is 5.95. The van der Waals surface area contributed by atoms with Crippen LogP contribution in [0.2, 0.25) is 0 Å². The van der Waals surface area contributed by atoms with Crippen molar-refractivity contribution in [2.75, 3.05) is 18.0 Å². The van der Waals surface area contributed by atoms with Gasteiger partial charge in [0.25, 0.3) is 0 Å². The van der Waals surface area contributed by atoms with Crippen LogP contribution >= 0.6 is 0 Å². The van der Waals surface area contributed by atoms with Crippen LogP contribution in [0, 0.1) is 17.7 Å². The molecule has 0 aliphatic heterocycles. The van der Waals surface area contributed by atoms with Crippen LogP contribution in [0.5, 0.6) is 0 Å². The van der Waals surface area contributed by atoms with Crippen LogP contribution in [-0.2, 0) is 4.79 Å². The maximum absolute atomic E-state index is 13.4. The van der Waals surface area contributed by atoms with Crippen LogP contribution in [0.4, 0.5) is 10.1 Å². The predicted octanol–water partition coefficient (Wildman–Crippen LogP) is 3.33. The van der Waals surface area contributed by atoms with Crippen molar-refractivity contribution in [2.45, 2.75) is 39.0 Å². The van der Waals surface area contributed by atoms with Crippen LogP contribution < -0.4 is 10.6 Å². The Morgan fingerprint density at radius 2 is 2.05 bits per heavy atom. The van der Waals surface area contributed by atoms with Gasteiger partial charge in [-0.25, -0.2) is 4.39 Å². The van der Waals surface area contributed by atoms with Crippen molar-refractivity contribution in [1.82, 2.24) is 0 Å². The molecule has 1 aliphatic carbocycles. The highest BCUT2D eigenvalue weighted by Gasteiger charge is 2.28. The minimum atomic E-state index is -0.310. The average Bonchev–Trinajstić information content (AvgIpc) is 2.48. The fourth-order valence-corrected chi connectivity index (χ4v) is 2.99. The van der Waals surface area contributed by atoms with Crippen molar-refractivity contribution in [3.63, 3.8) is 0 Å². The summed E-state index contributed by atoms with van der Waals surface area (Å²) in [5.74, 6) is 0.596. The lowest BCUT2D eigenvalue weighted by atomic mass is 9.82. The minimum Gasteiger partial charge on any atom is -0.330 e. The van der Waals surface area contributed by atoms with Crippen molar-refractivity contribution >= 4 is 11.6 Å². The molecule has 1 aromatic rings. The molecule has 21 heavy (non-hydrogen) atoms. The van der Waals surface area contributed by atoms with Gasteiger partial charge < -0.3 is 10.6 Å². The van der Waals surface area contributed by atoms with Gasteiger partial charge in [0, 0.05) is 18.2 Å². The molecule has 0 saturated heterocycles. The number of carbonyl (C=O) groups is 1. The quantitative estimate of drug-likeness (QED) is 0.904. The Kier molecular flexibility index (Phi) is 5.74. The SMILES string of the molecule is CC1CCC(C(=O)N(CCCN)c2cccc(F)c2)CC1. The van der Waals surface area contributed by atoms with E-state index in [2.05, 4.69) is 6.92 Å². The summed E-state index contributed by atoms with van der Waals surface area (Å²) in [4.78, 5) is 14.5. The van der Waals surface area contributed by atoms with Gasteiger partial charge in [-0.15, -0.1) is 0 Å². The number of anilines is 1. The van der Waals surface area contributed by atoms with Crippen molar-refractivity contribution in [2.24, 2.45) is 17.6 Å². The minimum absolute atomic E-state index is 0.0715. The third kappa shape index (κ3) is 4.27. The van der Waals surface area contributed by atoms with E-state index >= 15 is 0 Å². The number of halogens is 1. The van der Waals surface area contributed by atoms with Gasteiger partial charge in [-0.2, -0.15) is 0 Å². The van der Waals surface area contributed by atoms with Crippen LogP contribution in [-0.4, -0.2) is 19.0 Å². The highest BCUT2D eigenvalue weighted by Crippen LogP contribution is 2.31. The monoisotopic (exact) mass is 292 g/mol. The third-order valence-corrected chi connectivity index (χ3v) is 4.34. The molecule has 0 heterocycles. The molecule has 0 unspecified atom stereocenters. The Morgan fingerprint density at radius 1 is 1.33 bits per heavy atom. The topological polar surface area (TPSA) is 46.3 Å². The Morgan fingerprint density at radius 3 is 2.67 bits per heavy atom. The molecular formula is C17H25FN2O. The number of nitrogens with two attached hydrogens (primary N) is 1. The first-order valence-electron chi connectivity index (χ1n) is 7.89. The van der Waals surface area contributed by atoms with Crippen LogP contribution in [0.1, 0.15) is 39.0 Å². The second-order valence-electron chi connectivity index (χ2n) is 6.07. The van der Waals surface area contributed by atoms with Crippen molar-refractivity contribution in [3.8, 4) is 0 Å². The molecule has 0 bridgehead atoms. The zero-order valence-electron chi connectivity index (χ0n) is 12.7. The lowest BCUT2D eigenvalue weighted by molar-refractivity contribution is -0.123. The molecule has 0 aromatic heterocycles. The lowest BCUT2D eigenvalue weighted by Gasteiger charge is -2.31. The van der Waals surface area contributed by atoms with E-state index in [0.717, 1.165) is 32.1 Å². The van der Waals surface area contributed by atoms with E-state index in [-0.39, 0.29) is 17.6 Å². The lowest BCUT2D eigenvalue weighted by Crippen LogP contribution is -2.39. The van der Waals surface area contributed by atoms with E-state index in [1.54, 1.807) is 17.0 Å². The molecule has 116 valence electrons. The summed E-state index contributed by atoms with van der Waals surface area (Å²) >= 11 is 0. The average molecular weight is 292 g/mol. The van der Waals surface area contributed by atoms with Crippen LogP contribution in [0.3, 0.4) is 0 Å². The molecule has 1 saturated carbocycles. The maximum Gasteiger partial charge on any atom is 0.230 e. The summed E-state index contributed by atoms with van der Waals surface area (Å²) in [5, 5.41) is 0. The first kappa shape index (κ1) is 16.0. The number of carbonyl (C=O) groups excluding carboxylic acids is 1. The molecule has 2 rings (SSSR count). The Labute approximate surface area is 126 Å². The van der Waals surface area contributed by atoms with E-state index < -0.39 is 0 Å². The number of benzene rings is 1. The standard InChI is InChI=1S/C17H25FN2O/c1-13-6-8-14(9-7-13)17(21)20(11-3-10-19)16-5-2-4-15(18)12-16/h2,4-5,12-14H,3,6-11,19H2,1H3. The van der Waals surface area contributed by atoms with Gasteiger partial charge in [0.05, 0.1) is 0 Å². The highest BCUT2D eigenvalue weighted by atomic mass is 19.1. The summed E-state index contributed by atoms with van der Waals surface area (Å²) in [6, 6.07) is 6.27. The van der Waals surface area contributed by atoms with Crippen molar-refractivity contribution in [1.29, 1.82) is 0 Å². The zero-order chi connectivity index (χ0) is 15.2. The molecule has 1 aromatic carbocycles. The summed E-state index contributed by atoms with van der Waals surface area (Å²) in [7, 11) is 0. The number of hydrogen-bond donors (Lipinski definition) is 1. The molecule has 0 atom stereocenters. The Balaban J connectivity index is 2.13. The van der Waals surface area contributed by atoms with E-state index in [0.29, 0.717) is 24.7 Å². The van der Waals surface area contributed by atoms with E-state index in [1.807, 2.05) is 0 Å². The smallest absolute Gasteiger partial charge is 0.230 e. The van der Waals surface area contributed by atoms with E-state index in [9.17, 15) is 9.18 Å². The summed E-state index contributed by atoms with van der Waals surface area (Å²) < 4.78 is 13.4. The summed E-state index contributed by atoms with van der Waals surface area (Å²) in [5.41, 5.74) is 6.21. The van der Waals surface area contributed by atoms with Crippen LogP contribution in [0.15, 0.2) is 24.3 Å². The number of nitrogens with zero attached hydrogens (tertiary/aromatic N) is 1. The first-order chi connectivity index (χ1) is 10.1. The number of amides is 1. The normalized spacial score (nSPS) is 22.0. The van der Waals surface area contributed by atoms with Crippen LogP contribution in [0.25, 0.3) is 0 Å². The van der Waals surface area contributed by atoms with E-state index in [1.165, 1.54) is 12.1 Å². The Hall–Kier alpha value is -1.42. The van der Waals surface area contributed by atoms with Gasteiger partial charge in [-0.1, -0.05) is 13.0 Å². The fraction of sp³-hybridized carbons (Fsp3) is 0.588. The Bertz CT molecular complexity index is 470. The van der Waals surface area contributed by atoms with Gasteiger partial charge in [-0.05, 0) is 62.8 Å². The second kappa shape index (κ2) is 7.55. The van der Waals surface area contributed by atoms with Gasteiger partial charge in [0.1, 0.15) is 5.82 Å². The second-order valence-corrected chi connectivity index (χ2v) is 6.07. The molecule has 3 nitrogen and oxygen atoms in total. The largest absolute Gasteiger partial charge is 0.330 e. The predicted molar refractivity (Wildman–Crippen MR) is 83.5 cm³/mol. The maximum atomic E-state index is 13.4. The molecule has 1 aliphatic rings. The number of hydrogen-bond acceptors (Lipinski definition) is 2. The summed E-state index contributed by atoms with van der Waals surface area (Å²) in [6.07, 6.45) is 4.81. The molecule has 0 radical (unpaired) electrons. The molecule has 2 N–H and O–H groups in total. The van der Waals surface area contributed by atoms with Crippen molar-refractivity contribution in [3.05, 3.63) is 30.1 Å². The van der Waals surface area contributed by atoms with Gasteiger partial charge in [0.2, 0.25) is 5.91 Å². The molecule has 0 spiro atoms. The zero-order valence-corrected chi connectivity index (χ0v) is 12.7.